The van der Waals surface area contributed by atoms with Crippen molar-refractivity contribution in [2.75, 3.05) is 17.2 Å². The van der Waals surface area contributed by atoms with Crippen LogP contribution >= 0.6 is 23.4 Å². The third kappa shape index (κ3) is 3.30. The SMILES string of the molecule is Nc1cc(C(=O)NC2CCSCC2)ccc1Cl. The number of carbonyl (C=O) groups is 1. The molecular formula is C12H15ClN2OS. The fourth-order valence-electron chi connectivity index (χ4n) is 1.80. The van der Waals surface area contributed by atoms with Crippen LogP contribution in [0.4, 0.5) is 5.69 Å². The summed E-state index contributed by atoms with van der Waals surface area (Å²) in [6.07, 6.45) is 2.08. The zero-order valence-corrected chi connectivity index (χ0v) is 11.0. The van der Waals surface area contributed by atoms with Gasteiger partial charge in [0.05, 0.1) is 10.7 Å². The standard InChI is InChI=1S/C12H15ClN2OS/c13-10-2-1-8(7-11(10)14)12(16)15-9-3-5-17-6-4-9/h1-2,7,9H,3-6,14H2,(H,15,16). The van der Waals surface area contributed by atoms with Gasteiger partial charge in [0.2, 0.25) is 0 Å². The highest BCUT2D eigenvalue weighted by Gasteiger charge is 2.17. The number of nitrogens with two attached hydrogens (primary N) is 1. The van der Waals surface area contributed by atoms with E-state index in [2.05, 4.69) is 5.32 Å². The highest BCUT2D eigenvalue weighted by molar-refractivity contribution is 7.99. The number of anilines is 1. The van der Waals surface area contributed by atoms with Crippen molar-refractivity contribution in [1.82, 2.24) is 5.32 Å². The van der Waals surface area contributed by atoms with Gasteiger partial charge in [0.1, 0.15) is 0 Å². The molecule has 0 spiro atoms. The number of benzene rings is 1. The van der Waals surface area contributed by atoms with Gasteiger partial charge in [-0.25, -0.2) is 0 Å². The smallest absolute Gasteiger partial charge is 0.251 e. The number of hydrogen-bond acceptors (Lipinski definition) is 3. The fraction of sp³-hybridized carbons (Fsp3) is 0.417. The molecule has 5 heteroatoms. The topological polar surface area (TPSA) is 55.1 Å². The average Bonchev–Trinajstić information content (AvgIpc) is 2.34. The lowest BCUT2D eigenvalue weighted by Gasteiger charge is -2.22. The number of nitrogen functional groups attached to an aromatic ring is 1. The molecule has 1 aliphatic heterocycles. The summed E-state index contributed by atoms with van der Waals surface area (Å²) < 4.78 is 0. The second-order valence-corrected chi connectivity index (χ2v) is 5.73. The van der Waals surface area contributed by atoms with Gasteiger partial charge in [-0.3, -0.25) is 4.79 Å². The van der Waals surface area contributed by atoms with Crippen molar-refractivity contribution < 1.29 is 4.79 Å². The summed E-state index contributed by atoms with van der Waals surface area (Å²) in [5.74, 6) is 2.17. The second-order valence-electron chi connectivity index (χ2n) is 4.10. The van der Waals surface area contributed by atoms with Crippen LogP contribution in [0.2, 0.25) is 5.02 Å². The van der Waals surface area contributed by atoms with E-state index in [1.807, 2.05) is 11.8 Å². The van der Waals surface area contributed by atoms with Crippen LogP contribution in [0.3, 0.4) is 0 Å². The molecule has 0 bridgehead atoms. The number of thioether (sulfide) groups is 1. The third-order valence-electron chi connectivity index (χ3n) is 2.81. The molecule has 0 aromatic heterocycles. The largest absolute Gasteiger partial charge is 0.398 e. The van der Waals surface area contributed by atoms with Crippen molar-refractivity contribution in [2.45, 2.75) is 18.9 Å². The monoisotopic (exact) mass is 270 g/mol. The van der Waals surface area contributed by atoms with Crippen LogP contribution in [0.1, 0.15) is 23.2 Å². The van der Waals surface area contributed by atoms with Gasteiger partial charge in [0.25, 0.3) is 5.91 Å². The van der Waals surface area contributed by atoms with Gasteiger partial charge in [-0.15, -0.1) is 0 Å². The first-order valence-electron chi connectivity index (χ1n) is 5.60. The average molecular weight is 271 g/mol. The van der Waals surface area contributed by atoms with Crippen LogP contribution in [0.25, 0.3) is 0 Å². The zero-order chi connectivity index (χ0) is 12.3. The number of nitrogens with one attached hydrogen (secondary N) is 1. The molecule has 92 valence electrons. The van der Waals surface area contributed by atoms with Crippen molar-refractivity contribution in [3.05, 3.63) is 28.8 Å². The molecule has 1 amide bonds. The minimum atomic E-state index is -0.0646. The number of carbonyl (C=O) groups excluding carboxylic acids is 1. The maximum Gasteiger partial charge on any atom is 0.251 e. The van der Waals surface area contributed by atoms with Crippen molar-refractivity contribution in [2.24, 2.45) is 0 Å². The Morgan fingerprint density at radius 2 is 2.12 bits per heavy atom. The van der Waals surface area contributed by atoms with E-state index < -0.39 is 0 Å². The minimum Gasteiger partial charge on any atom is -0.398 e. The zero-order valence-electron chi connectivity index (χ0n) is 9.41. The molecule has 0 saturated carbocycles. The minimum absolute atomic E-state index is 0.0646. The summed E-state index contributed by atoms with van der Waals surface area (Å²) in [5, 5.41) is 3.51. The van der Waals surface area contributed by atoms with Crippen LogP contribution in [0.15, 0.2) is 18.2 Å². The Morgan fingerprint density at radius 3 is 2.76 bits per heavy atom. The highest BCUT2D eigenvalue weighted by atomic mass is 35.5. The second kappa shape index (κ2) is 5.65. The Morgan fingerprint density at radius 1 is 1.41 bits per heavy atom. The molecule has 1 aliphatic rings. The van der Waals surface area contributed by atoms with Crippen LogP contribution < -0.4 is 11.1 Å². The molecule has 0 radical (unpaired) electrons. The van der Waals surface area contributed by atoms with E-state index >= 15 is 0 Å². The van der Waals surface area contributed by atoms with Crippen LogP contribution in [-0.4, -0.2) is 23.5 Å². The maximum absolute atomic E-state index is 12.0. The summed E-state index contributed by atoms with van der Waals surface area (Å²) in [4.78, 5) is 12.0. The van der Waals surface area contributed by atoms with E-state index in [1.54, 1.807) is 18.2 Å². The summed E-state index contributed by atoms with van der Waals surface area (Å²) in [5.41, 5.74) is 6.69. The molecule has 3 N–H and O–H groups in total. The first-order chi connectivity index (χ1) is 8.16. The van der Waals surface area contributed by atoms with Crippen molar-refractivity contribution in [3.8, 4) is 0 Å². The Balaban J connectivity index is 2.01. The summed E-state index contributed by atoms with van der Waals surface area (Å²) in [7, 11) is 0. The Labute approximate surface area is 110 Å². The molecule has 1 aromatic rings. The van der Waals surface area contributed by atoms with Gasteiger partial charge in [0.15, 0.2) is 0 Å². The van der Waals surface area contributed by atoms with Crippen LogP contribution in [0, 0.1) is 0 Å². The van der Waals surface area contributed by atoms with Gasteiger partial charge in [-0.2, -0.15) is 11.8 Å². The predicted octanol–water partition coefficient (Wildman–Crippen LogP) is 2.55. The number of rotatable bonds is 2. The molecular weight excluding hydrogens is 256 g/mol. The molecule has 0 atom stereocenters. The molecule has 3 nitrogen and oxygen atoms in total. The van der Waals surface area contributed by atoms with Crippen LogP contribution in [0.5, 0.6) is 0 Å². The van der Waals surface area contributed by atoms with Gasteiger partial charge < -0.3 is 11.1 Å². The summed E-state index contributed by atoms with van der Waals surface area (Å²) in [6, 6.07) is 5.27. The Hall–Kier alpha value is -0.870. The van der Waals surface area contributed by atoms with E-state index in [-0.39, 0.29) is 5.91 Å². The van der Waals surface area contributed by atoms with Gasteiger partial charge in [-0.1, -0.05) is 11.6 Å². The third-order valence-corrected chi connectivity index (χ3v) is 4.21. The van der Waals surface area contributed by atoms with Crippen LogP contribution in [-0.2, 0) is 0 Å². The molecule has 1 fully saturated rings. The lowest BCUT2D eigenvalue weighted by atomic mass is 10.1. The van der Waals surface area contributed by atoms with E-state index in [0.717, 1.165) is 24.3 Å². The van der Waals surface area contributed by atoms with E-state index in [1.165, 1.54) is 0 Å². The molecule has 2 rings (SSSR count). The van der Waals surface area contributed by atoms with E-state index in [9.17, 15) is 4.79 Å². The molecule has 1 heterocycles. The van der Waals surface area contributed by atoms with Crippen molar-refractivity contribution in [3.63, 3.8) is 0 Å². The number of hydrogen-bond donors (Lipinski definition) is 2. The van der Waals surface area contributed by atoms with Gasteiger partial charge >= 0.3 is 0 Å². The number of amides is 1. The normalized spacial score (nSPS) is 16.8. The van der Waals surface area contributed by atoms with Gasteiger partial charge in [-0.05, 0) is 42.5 Å². The van der Waals surface area contributed by atoms with Crippen molar-refractivity contribution >= 4 is 35.0 Å². The lowest BCUT2D eigenvalue weighted by Crippen LogP contribution is -2.37. The first-order valence-corrected chi connectivity index (χ1v) is 7.14. The van der Waals surface area contributed by atoms with E-state index in [0.29, 0.717) is 22.3 Å². The molecule has 17 heavy (non-hydrogen) atoms. The summed E-state index contributed by atoms with van der Waals surface area (Å²) >= 11 is 7.75. The predicted molar refractivity (Wildman–Crippen MR) is 73.7 cm³/mol. The quantitative estimate of drug-likeness (QED) is 0.812. The Kier molecular flexibility index (Phi) is 4.18. The molecule has 0 aliphatic carbocycles. The number of halogens is 1. The lowest BCUT2D eigenvalue weighted by molar-refractivity contribution is 0.0935. The fourth-order valence-corrected chi connectivity index (χ4v) is 3.02. The van der Waals surface area contributed by atoms with Gasteiger partial charge in [0, 0.05) is 11.6 Å². The first kappa shape index (κ1) is 12.6. The highest BCUT2D eigenvalue weighted by Crippen LogP contribution is 2.20. The molecule has 1 aromatic carbocycles. The molecule has 0 unspecified atom stereocenters. The molecule has 1 saturated heterocycles. The summed E-state index contributed by atoms with van der Waals surface area (Å²) in [6.45, 7) is 0. The maximum atomic E-state index is 12.0. The van der Waals surface area contributed by atoms with E-state index in [4.69, 9.17) is 17.3 Å². The Bertz CT molecular complexity index is 419. The van der Waals surface area contributed by atoms with Crippen molar-refractivity contribution in [1.29, 1.82) is 0 Å².